The van der Waals surface area contributed by atoms with Crippen LogP contribution in [0.1, 0.15) is 30.4 Å². The Hall–Kier alpha value is -2.20. The van der Waals surface area contributed by atoms with Gasteiger partial charge >= 0.3 is 0 Å². The minimum Gasteiger partial charge on any atom is -0.379 e. The van der Waals surface area contributed by atoms with Crippen LogP contribution in [-0.4, -0.2) is 30.1 Å². The van der Waals surface area contributed by atoms with E-state index in [0.717, 1.165) is 25.7 Å². The molecule has 25 heavy (non-hydrogen) atoms. The summed E-state index contributed by atoms with van der Waals surface area (Å²) in [6.07, 6.45) is 8.12. The highest BCUT2D eigenvalue weighted by atomic mass is 16.5. The van der Waals surface area contributed by atoms with Crippen molar-refractivity contribution in [2.45, 2.75) is 38.1 Å². The molecule has 1 aliphatic rings. The highest BCUT2D eigenvalue weighted by Gasteiger charge is 2.29. The van der Waals surface area contributed by atoms with E-state index in [4.69, 9.17) is 4.74 Å². The maximum atomic E-state index is 12.2. The van der Waals surface area contributed by atoms with Gasteiger partial charge in [0.15, 0.2) is 0 Å². The van der Waals surface area contributed by atoms with Crippen molar-refractivity contribution in [2.24, 2.45) is 5.92 Å². The molecule has 1 amide bonds. The highest BCUT2D eigenvalue weighted by Crippen LogP contribution is 2.19. The van der Waals surface area contributed by atoms with Gasteiger partial charge in [-0.1, -0.05) is 30.3 Å². The summed E-state index contributed by atoms with van der Waals surface area (Å²) in [7, 11) is 0. The molecule has 4 nitrogen and oxygen atoms in total. The second kappa shape index (κ2) is 9.33. The van der Waals surface area contributed by atoms with Crippen molar-refractivity contribution in [2.75, 3.05) is 13.2 Å². The number of benzene rings is 1. The van der Waals surface area contributed by atoms with Crippen LogP contribution in [0.25, 0.3) is 0 Å². The molecule has 0 unspecified atom stereocenters. The van der Waals surface area contributed by atoms with Gasteiger partial charge in [0, 0.05) is 24.7 Å². The van der Waals surface area contributed by atoms with Gasteiger partial charge < -0.3 is 10.1 Å². The van der Waals surface area contributed by atoms with Crippen LogP contribution >= 0.6 is 0 Å². The van der Waals surface area contributed by atoms with Gasteiger partial charge in [-0.2, -0.15) is 0 Å². The van der Waals surface area contributed by atoms with Crippen LogP contribution in [0, 0.1) is 5.92 Å². The molecule has 0 radical (unpaired) electrons. The normalized spacial score (nSPS) is 19.7. The first-order valence-electron chi connectivity index (χ1n) is 9.11. The summed E-state index contributed by atoms with van der Waals surface area (Å²) < 4.78 is 5.60. The maximum Gasteiger partial charge on any atom is 0.220 e. The van der Waals surface area contributed by atoms with E-state index in [2.05, 4.69) is 34.6 Å². The van der Waals surface area contributed by atoms with Crippen molar-refractivity contribution in [3.63, 3.8) is 0 Å². The van der Waals surface area contributed by atoms with Crippen molar-refractivity contribution >= 4 is 5.91 Å². The minimum atomic E-state index is 0.120. The van der Waals surface area contributed by atoms with E-state index in [1.165, 1.54) is 11.1 Å². The zero-order valence-electron chi connectivity index (χ0n) is 14.6. The number of hydrogen-bond acceptors (Lipinski definition) is 3. The monoisotopic (exact) mass is 338 g/mol. The predicted octanol–water partition coefficient (Wildman–Crippen LogP) is 3.17. The molecule has 1 aromatic heterocycles. The summed E-state index contributed by atoms with van der Waals surface area (Å²) in [4.78, 5) is 16.3. The van der Waals surface area contributed by atoms with Gasteiger partial charge in [-0.05, 0) is 48.9 Å². The lowest BCUT2D eigenvalue weighted by Crippen LogP contribution is -2.40. The number of nitrogens with one attached hydrogen (secondary N) is 1. The van der Waals surface area contributed by atoms with Crippen molar-refractivity contribution in [1.82, 2.24) is 10.3 Å². The maximum absolute atomic E-state index is 12.2. The number of ether oxygens (including phenoxy) is 1. The molecule has 1 aromatic carbocycles. The molecular formula is C21H26N2O2. The number of pyridine rings is 1. The Morgan fingerprint density at radius 3 is 2.64 bits per heavy atom. The number of amides is 1. The summed E-state index contributed by atoms with van der Waals surface area (Å²) >= 11 is 0. The first-order valence-corrected chi connectivity index (χ1v) is 9.11. The fourth-order valence-corrected chi connectivity index (χ4v) is 3.32. The number of nitrogens with zero attached hydrogens (tertiary/aromatic N) is 1. The third kappa shape index (κ3) is 5.68. The van der Waals surface area contributed by atoms with Gasteiger partial charge in [-0.15, -0.1) is 0 Å². The Labute approximate surface area is 149 Å². The van der Waals surface area contributed by atoms with Crippen LogP contribution in [0.3, 0.4) is 0 Å². The van der Waals surface area contributed by atoms with E-state index in [1.807, 2.05) is 30.6 Å². The fourth-order valence-electron chi connectivity index (χ4n) is 3.32. The zero-order chi connectivity index (χ0) is 17.3. The van der Waals surface area contributed by atoms with Crippen LogP contribution < -0.4 is 5.32 Å². The van der Waals surface area contributed by atoms with Crippen LogP contribution in [0.4, 0.5) is 0 Å². The third-order valence-electron chi connectivity index (χ3n) is 4.75. The number of hydrogen-bond donors (Lipinski definition) is 1. The van der Waals surface area contributed by atoms with E-state index in [-0.39, 0.29) is 11.9 Å². The van der Waals surface area contributed by atoms with Gasteiger partial charge in [0.25, 0.3) is 0 Å². The Balaban J connectivity index is 1.38. The summed E-state index contributed by atoms with van der Waals surface area (Å²) in [5.74, 6) is 0.485. The summed E-state index contributed by atoms with van der Waals surface area (Å²) in [6.45, 7) is 1.33. The molecule has 1 N–H and O–H groups in total. The number of carbonyl (C=O) groups excluding carboxylic acids is 1. The van der Waals surface area contributed by atoms with E-state index < -0.39 is 0 Å². The summed E-state index contributed by atoms with van der Waals surface area (Å²) in [5.41, 5.74) is 2.58. The van der Waals surface area contributed by atoms with Crippen molar-refractivity contribution < 1.29 is 9.53 Å². The third-order valence-corrected chi connectivity index (χ3v) is 4.75. The van der Waals surface area contributed by atoms with E-state index in [1.54, 1.807) is 0 Å². The second-order valence-corrected chi connectivity index (χ2v) is 6.72. The summed E-state index contributed by atoms with van der Waals surface area (Å²) in [6, 6.07) is 14.6. The van der Waals surface area contributed by atoms with Gasteiger partial charge in [0.05, 0.1) is 19.3 Å². The quantitative estimate of drug-likeness (QED) is 0.752. The SMILES string of the molecule is O=C(CCCCc1ccccc1)N[C@@H]1COC[C@H]1Cc1ccncc1. The molecule has 3 rings (SSSR count). The molecule has 2 atom stereocenters. The second-order valence-electron chi connectivity index (χ2n) is 6.72. The largest absolute Gasteiger partial charge is 0.379 e. The average Bonchev–Trinajstić information content (AvgIpc) is 3.07. The summed E-state index contributed by atoms with van der Waals surface area (Å²) in [5, 5.41) is 3.17. The molecule has 0 saturated carbocycles. The first kappa shape index (κ1) is 17.6. The van der Waals surface area contributed by atoms with Gasteiger partial charge in [-0.3, -0.25) is 9.78 Å². The number of rotatable bonds is 8. The lowest BCUT2D eigenvalue weighted by molar-refractivity contribution is -0.122. The van der Waals surface area contributed by atoms with Crippen LogP contribution in [0.5, 0.6) is 0 Å². The number of aromatic nitrogens is 1. The molecule has 0 bridgehead atoms. The van der Waals surface area contributed by atoms with Crippen molar-refractivity contribution in [3.05, 3.63) is 66.0 Å². The van der Waals surface area contributed by atoms with Crippen LogP contribution in [-0.2, 0) is 22.4 Å². The molecule has 1 aliphatic heterocycles. The standard InChI is InChI=1S/C21H26N2O2/c24-21(9-5-4-8-17-6-2-1-3-7-17)23-20-16-25-15-19(20)14-18-10-12-22-13-11-18/h1-3,6-7,10-13,19-20H,4-5,8-9,14-16H2,(H,23,24)/t19-,20-/m1/s1. The smallest absolute Gasteiger partial charge is 0.220 e. The minimum absolute atomic E-state index is 0.120. The highest BCUT2D eigenvalue weighted by molar-refractivity contribution is 5.76. The topological polar surface area (TPSA) is 51.2 Å². The number of aryl methyl sites for hydroxylation is 1. The molecule has 2 aromatic rings. The lowest BCUT2D eigenvalue weighted by Gasteiger charge is -2.19. The molecule has 132 valence electrons. The molecule has 4 heteroatoms. The Bertz CT molecular complexity index is 645. The van der Waals surface area contributed by atoms with Crippen molar-refractivity contribution in [3.8, 4) is 0 Å². The molecule has 0 spiro atoms. The van der Waals surface area contributed by atoms with Gasteiger partial charge in [0.2, 0.25) is 5.91 Å². The number of carbonyl (C=O) groups is 1. The first-order chi connectivity index (χ1) is 12.3. The molecule has 1 saturated heterocycles. The Kier molecular flexibility index (Phi) is 6.57. The predicted molar refractivity (Wildman–Crippen MR) is 98.2 cm³/mol. The average molecular weight is 338 g/mol. The van der Waals surface area contributed by atoms with E-state index in [9.17, 15) is 4.79 Å². The fraction of sp³-hybridized carbons (Fsp3) is 0.429. The molecule has 2 heterocycles. The van der Waals surface area contributed by atoms with Crippen LogP contribution in [0.15, 0.2) is 54.9 Å². The van der Waals surface area contributed by atoms with Gasteiger partial charge in [-0.25, -0.2) is 0 Å². The Morgan fingerprint density at radius 2 is 1.84 bits per heavy atom. The Morgan fingerprint density at radius 1 is 1.04 bits per heavy atom. The zero-order valence-corrected chi connectivity index (χ0v) is 14.6. The molecular weight excluding hydrogens is 312 g/mol. The van der Waals surface area contributed by atoms with Crippen molar-refractivity contribution in [1.29, 1.82) is 0 Å². The molecule has 1 fully saturated rings. The lowest BCUT2D eigenvalue weighted by atomic mass is 9.95. The van der Waals surface area contributed by atoms with E-state index in [0.29, 0.717) is 25.6 Å². The van der Waals surface area contributed by atoms with E-state index >= 15 is 0 Å². The van der Waals surface area contributed by atoms with Crippen LogP contribution in [0.2, 0.25) is 0 Å². The van der Waals surface area contributed by atoms with Gasteiger partial charge in [0.1, 0.15) is 0 Å². The number of unbranched alkanes of at least 4 members (excludes halogenated alkanes) is 1. The molecule has 0 aliphatic carbocycles.